The number of para-hydroxylation sites is 1. The molecule has 33 heavy (non-hydrogen) atoms. The molecule has 0 spiro atoms. The number of nitrogens with zero attached hydrogens (tertiary/aromatic N) is 3. The molecule has 7 nitrogen and oxygen atoms in total. The van der Waals surface area contributed by atoms with Crippen molar-refractivity contribution < 1.29 is 9.53 Å². The first-order valence-corrected chi connectivity index (χ1v) is 10.9. The fourth-order valence-corrected chi connectivity index (χ4v) is 3.95. The van der Waals surface area contributed by atoms with Crippen LogP contribution in [-0.2, 0) is 4.79 Å². The van der Waals surface area contributed by atoms with Gasteiger partial charge in [0.25, 0.3) is 0 Å². The zero-order valence-electron chi connectivity index (χ0n) is 17.9. The monoisotopic (exact) mass is 455 g/mol. The van der Waals surface area contributed by atoms with Crippen LogP contribution in [0.15, 0.2) is 72.3 Å². The van der Waals surface area contributed by atoms with Gasteiger partial charge in [-0.2, -0.15) is 10.5 Å². The van der Waals surface area contributed by atoms with Crippen LogP contribution in [0.5, 0.6) is 5.75 Å². The summed E-state index contributed by atoms with van der Waals surface area (Å²) in [6, 6.07) is 20.2. The van der Waals surface area contributed by atoms with Crippen molar-refractivity contribution in [3.05, 3.63) is 78.4 Å². The Morgan fingerprint density at radius 1 is 1.18 bits per heavy atom. The normalized spacial score (nSPS) is 11.0. The van der Waals surface area contributed by atoms with E-state index in [2.05, 4.69) is 29.0 Å². The first kappa shape index (κ1) is 23.4. The lowest BCUT2D eigenvalue weighted by molar-refractivity contribution is -0.115. The Morgan fingerprint density at radius 3 is 2.45 bits per heavy atom. The van der Waals surface area contributed by atoms with Crippen LogP contribution in [0.3, 0.4) is 0 Å². The lowest BCUT2D eigenvalue weighted by Crippen LogP contribution is -2.22. The Morgan fingerprint density at radius 2 is 1.85 bits per heavy atom. The standard InChI is InChI=1S/C25H21N5O2S/c1-3-13-32-19-11-9-17(10-12-19)22-20(14-26)23(28)30-25(21(22)15-27)33-16(2)24(31)29-18-7-5-4-6-8-18/h3-12,16H,1,13H2,2H3,(H2,28,30)(H,29,31). The summed E-state index contributed by atoms with van der Waals surface area (Å²) < 4.78 is 5.50. The fourth-order valence-electron chi connectivity index (χ4n) is 3.03. The number of pyridine rings is 1. The van der Waals surface area contributed by atoms with Crippen LogP contribution in [0, 0.1) is 22.7 Å². The Balaban J connectivity index is 1.96. The van der Waals surface area contributed by atoms with E-state index in [-0.39, 0.29) is 27.9 Å². The van der Waals surface area contributed by atoms with Crippen LogP contribution in [0.2, 0.25) is 0 Å². The number of aromatic nitrogens is 1. The molecule has 0 aliphatic rings. The number of ether oxygens (including phenoxy) is 1. The number of anilines is 2. The van der Waals surface area contributed by atoms with Gasteiger partial charge in [0.1, 0.15) is 40.9 Å². The predicted octanol–water partition coefficient (Wildman–Crippen LogP) is 4.76. The van der Waals surface area contributed by atoms with Gasteiger partial charge in [0.15, 0.2) is 0 Å². The van der Waals surface area contributed by atoms with Gasteiger partial charge in [0, 0.05) is 11.3 Å². The molecule has 3 rings (SSSR count). The topological polar surface area (TPSA) is 125 Å². The predicted molar refractivity (Wildman–Crippen MR) is 130 cm³/mol. The maximum atomic E-state index is 12.7. The molecule has 1 amide bonds. The van der Waals surface area contributed by atoms with Crippen LogP contribution in [-0.4, -0.2) is 22.7 Å². The molecular weight excluding hydrogens is 434 g/mol. The Hall–Kier alpha value is -4.27. The summed E-state index contributed by atoms with van der Waals surface area (Å²) in [6.07, 6.45) is 1.64. The Bertz CT molecular complexity index is 1250. The van der Waals surface area contributed by atoms with E-state index in [4.69, 9.17) is 10.5 Å². The third-order valence-electron chi connectivity index (χ3n) is 4.63. The maximum absolute atomic E-state index is 12.7. The highest BCUT2D eigenvalue weighted by molar-refractivity contribution is 8.00. The number of hydrogen-bond acceptors (Lipinski definition) is 7. The summed E-state index contributed by atoms with van der Waals surface area (Å²) in [4.78, 5) is 16.9. The highest BCUT2D eigenvalue weighted by atomic mass is 32.2. The fraction of sp³-hybridized carbons (Fsp3) is 0.120. The number of nitrogens with one attached hydrogen (secondary N) is 1. The Kier molecular flexibility index (Phi) is 7.69. The molecule has 0 saturated carbocycles. The summed E-state index contributed by atoms with van der Waals surface area (Å²) in [6.45, 7) is 5.69. The lowest BCUT2D eigenvalue weighted by atomic mass is 9.97. The number of carbonyl (C=O) groups is 1. The molecule has 0 saturated heterocycles. The van der Waals surface area contributed by atoms with Crippen LogP contribution >= 0.6 is 11.8 Å². The molecular formula is C25H21N5O2S. The van der Waals surface area contributed by atoms with Gasteiger partial charge < -0.3 is 15.8 Å². The lowest BCUT2D eigenvalue weighted by Gasteiger charge is -2.16. The second-order valence-electron chi connectivity index (χ2n) is 6.89. The third-order valence-corrected chi connectivity index (χ3v) is 5.71. The second kappa shape index (κ2) is 10.9. The van der Waals surface area contributed by atoms with E-state index in [0.29, 0.717) is 29.2 Å². The molecule has 0 radical (unpaired) electrons. The van der Waals surface area contributed by atoms with Crippen molar-refractivity contribution >= 4 is 29.2 Å². The number of rotatable bonds is 8. The van der Waals surface area contributed by atoms with E-state index >= 15 is 0 Å². The van der Waals surface area contributed by atoms with E-state index in [1.165, 1.54) is 0 Å². The number of amides is 1. The van der Waals surface area contributed by atoms with E-state index in [0.717, 1.165) is 11.8 Å². The highest BCUT2D eigenvalue weighted by Gasteiger charge is 2.24. The molecule has 0 aliphatic heterocycles. The van der Waals surface area contributed by atoms with E-state index < -0.39 is 5.25 Å². The minimum Gasteiger partial charge on any atom is -0.490 e. The smallest absolute Gasteiger partial charge is 0.237 e. The van der Waals surface area contributed by atoms with Crippen molar-refractivity contribution in [2.45, 2.75) is 17.2 Å². The van der Waals surface area contributed by atoms with Gasteiger partial charge in [-0.15, -0.1) is 0 Å². The molecule has 2 aromatic carbocycles. The van der Waals surface area contributed by atoms with Crippen molar-refractivity contribution in [2.24, 2.45) is 0 Å². The number of nitriles is 2. The second-order valence-corrected chi connectivity index (χ2v) is 8.22. The van der Waals surface area contributed by atoms with Crippen molar-refractivity contribution in [3.8, 4) is 29.0 Å². The number of hydrogen-bond donors (Lipinski definition) is 2. The van der Waals surface area contributed by atoms with Crippen LogP contribution in [0.4, 0.5) is 11.5 Å². The summed E-state index contributed by atoms with van der Waals surface area (Å²) >= 11 is 1.11. The largest absolute Gasteiger partial charge is 0.490 e. The molecule has 0 bridgehead atoms. The zero-order chi connectivity index (χ0) is 23.8. The van der Waals surface area contributed by atoms with Crippen LogP contribution < -0.4 is 15.8 Å². The number of carbonyl (C=O) groups excluding carboxylic acids is 1. The number of nitrogens with two attached hydrogens (primary N) is 1. The van der Waals surface area contributed by atoms with Gasteiger partial charge >= 0.3 is 0 Å². The molecule has 1 unspecified atom stereocenters. The zero-order valence-corrected chi connectivity index (χ0v) is 18.7. The van der Waals surface area contributed by atoms with Gasteiger partial charge in [-0.05, 0) is 36.8 Å². The first-order chi connectivity index (χ1) is 16.0. The molecule has 3 N–H and O–H groups in total. The highest BCUT2D eigenvalue weighted by Crippen LogP contribution is 2.37. The van der Waals surface area contributed by atoms with Crippen molar-refractivity contribution in [1.29, 1.82) is 10.5 Å². The minimum atomic E-state index is -0.570. The molecule has 1 aromatic heterocycles. The van der Waals surface area contributed by atoms with E-state index in [9.17, 15) is 15.3 Å². The number of thioether (sulfide) groups is 1. The summed E-state index contributed by atoms with van der Waals surface area (Å²) in [7, 11) is 0. The van der Waals surface area contributed by atoms with Crippen LogP contribution in [0.1, 0.15) is 18.1 Å². The van der Waals surface area contributed by atoms with Crippen molar-refractivity contribution in [3.63, 3.8) is 0 Å². The van der Waals surface area contributed by atoms with Gasteiger partial charge in [-0.1, -0.05) is 54.7 Å². The molecule has 8 heteroatoms. The van der Waals surface area contributed by atoms with Gasteiger partial charge in [0.05, 0.1) is 10.8 Å². The van der Waals surface area contributed by atoms with Crippen LogP contribution in [0.25, 0.3) is 11.1 Å². The van der Waals surface area contributed by atoms with Gasteiger partial charge in [-0.3, -0.25) is 4.79 Å². The summed E-state index contributed by atoms with van der Waals surface area (Å²) in [5, 5.41) is 22.2. The molecule has 164 valence electrons. The Labute approximate surface area is 196 Å². The summed E-state index contributed by atoms with van der Waals surface area (Å²) in [5.74, 6) is 0.375. The van der Waals surface area contributed by atoms with Gasteiger partial charge in [0.2, 0.25) is 5.91 Å². The molecule has 1 atom stereocenters. The molecule has 0 aliphatic carbocycles. The quantitative estimate of drug-likeness (QED) is 0.370. The number of nitrogen functional groups attached to an aromatic ring is 1. The van der Waals surface area contributed by atoms with Gasteiger partial charge in [-0.25, -0.2) is 4.98 Å². The SMILES string of the molecule is C=CCOc1ccc(-c2c(C#N)c(N)nc(SC(C)C(=O)Nc3ccccc3)c2C#N)cc1. The molecule has 0 fully saturated rings. The molecule has 3 aromatic rings. The van der Waals surface area contributed by atoms with E-state index in [1.54, 1.807) is 49.4 Å². The first-order valence-electron chi connectivity index (χ1n) is 9.98. The maximum Gasteiger partial charge on any atom is 0.237 e. The third kappa shape index (κ3) is 5.51. The van der Waals surface area contributed by atoms with Crippen molar-refractivity contribution in [1.82, 2.24) is 4.98 Å². The average molecular weight is 456 g/mol. The summed E-state index contributed by atoms with van der Waals surface area (Å²) in [5.41, 5.74) is 8.03. The minimum absolute atomic E-state index is 0.00310. The van der Waals surface area contributed by atoms with E-state index in [1.807, 2.05) is 18.2 Å². The molecule has 1 heterocycles. The average Bonchev–Trinajstić information content (AvgIpc) is 2.83. The van der Waals surface area contributed by atoms with Crippen molar-refractivity contribution in [2.75, 3.05) is 17.7 Å². The number of benzene rings is 2.